The monoisotopic (exact) mass is 223 g/mol. The molecule has 1 aromatic heterocycles. The summed E-state index contributed by atoms with van der Waals surface area (Å²) in [7, 11) is 0. The summed E-state index contributed by atoms with van der Waals surface area (Å²) >= 11 is 0. The van der Waals surface area contributed by atoms with Crippen LogP contribution in [0.4, 0.5) is 0 Å². The van der Waals surface area contributed by atoms with E-state index in [1.54, 1.807) is 0 Å². The average molecular weight is 223 g/mol. The van der Waals surface area contributed by atoms with E-state index in [-0.39, 0.29) is 11.6 Å². The van der Waals surface area contributed by atoms with Crippen LogP contribution in [0.25, 0.3) is 0 Å². The zero-order valence-electron chi connectivity index (χ0n) is 10.6. The molecule has 0 aliphatic heterocycles. The molecule has 1 unspecified atom stereocenters. The van der Waals surface area contributed by atoms with Gasteiger partial charge in [-0.3, -0.25) is 0 Å². The normalized spacial score (nSPS) is 18.8. The van der Waals surface area contributed by atoms with Gasteiger partial charge >= 0.3 is 0 Å². The van der Waals surface area contributed by atoms with E-state index in [9.17, 15) is 0 Å². The van der Waals surface area contributed by atoms with E-state index in [2.05, 4.69) is 43.2 Å². The number of nitrogens with one attached hydrogen (secondary N) is 1. The summed E-state index contributed by atoms with van der Waals surface area (Å²) in [4.78, 5) is 4.49. The number of rotatable bonds is 4. The second-order valence-corrected chi connectivity index (χ2v) is 5.62. The summed E-state index contributed by atoms with van der Waals surface area (Å²) in [5.41, 5.74) is 0.0644. The predicted octanol–water partition coefficient (Wildman–Crippen LogP) is 2.79. The average Bonchev–Trinajstić information content (AvgIpc) is 2.92. The van der Waals surface area contributed by atoms with E-state index in [0.717, 1.165) is 18.1 Å². The second-order valence-electron chi connectivity index (χ2n) is 5.62. The minimum absolute atomic E-state index is 0.0644. The summed E-state index contributed by atoms with van der Waals surface area (Å²) < 4.78 is 5.34. The van der Waals surface area contributed by atoms with Gasteiger partial charge in [-0.1, -0.05) is 12.1 Å². The highest BCUT2D eigenvalue weighted by atomic mass is 16.5. The van der Waals surface area contributed by atoms with Gasteiger partial charge in [-0.2, -0.15) is 4.98 Å². The first-order valence-corrected chi connectivity index (χ1v) is 6.11. The topological polar surface area (TPSA) is 51.0 Å². The van der Waals surface area contributed by atoms with Gasteiger partial charge in [0.25, 0.3) is 0 Å². The van der Waals surface area contributed by atoms with Gasteiger partial charge in [0.2, 0.25) is 5.89 Å². The number of hydrogen-bond donors (Lipinski definition) is 1. The van der Waals surface area contributed by atoms with Crippen LogP contribution in [0.5, 0.6) is 0 Å². The lowest BCUT2D eigenvalue weighted by atomic mass is 10.1. The maximum atomic E-state index is 5.34. The molecule has 4 nitrogen and oxygen atoms in total. The molecular formula is C12H21N3O. The van der Waals surface area contributed by atoms with Gasteiger partial charge in [-0.25, -0.2) is 0 Å². The molecule has 1 fully saturated rings. The summed E-state index contributed by atoms with van der Waals surface area (Å²) in [6.07, 6.45) is 3.38. The zero-order chi connectivity index (χ0) is 11.8. The van der Waals surface area contributed by atoms with Crippen molar-refractivity contribution < 1.29 is 4.52 Å². The Bertz CT molecular complexity index is 349. The Hall–Kier alpha value is -0.900. The zero-order valence-corrected chi connectivity index (χ0v) is 10.6. The smallest absolute Gasteiger partial charge is 0.243 e. The fourth-order valence-corrected chi connectivity index (χ4v) is 1.76. The highest BCUT2D eigenvalue weighted by molar-refractivity contribution is 5.05. The van der Waals surface area contributed by atoms with Gasteiger partial charge < -0.3 is 9.84 Å². The quantitative estimate of drug-likeness (QED) is 0.852. The third-order valence-electron chi connectivity index (χ3n) is 2.71. The van der Waals surface area contributed by atoms with Gasteiger partial charge in [0.1, 0.15) is 0 Å². The number of hydrogen-bond acceptors (Lipinski definition) is 4. The molecule has 0 amide bonds. The standard InChI is InChI=1S/C12H21N3O/c1-5-9(14-12(2,3)4)11-13-10(15-16-11)8-6-7-8/h8-9,14H,5-7H2,1-4H3. The maximum absolute atomic E-state index is 5.34. The molecule has 0 bridgehead atoms. The Morgan fingerprint density at radius 2 is 2.12 bits per heavy atom. The molecule has 1 heterocycles. The van der Waals surface area contributed by atoms with Crippen LogP contribution >= 0.6 is 0 Å². The van der Waals surface area contributed by atoms with Crippen molar-refractivity contribution in [1.29, 1.82) is 0 Å². The van der Waals surface area contributed by atoms with E-state index in [0.29, 0.717) is 5.92 Å². The van der Waals surface area contributed by atoms with Crippen molar-refractivity contribution in [3.8, 4) is 0 Å². The molecule has 4 heteroatoms. The molecule has 1 aliphatic rings. The van der Waals surface area contributed by atoms with Gasteiger partial charge in [0.15, 0.2) is 5.82 Å². The first kappa shape index (κ1) is 11.6. The largest absolute Gasteiger partial charge is 0.338 e. The highest BCUT2D eigenvalue weighted by Crippen LogP contribution is 2.38. The molecule has 1 N–H and O–H groups in total. The van der Waals surface area contributed by atoms with Crippen molar-refractivity contribution in [3.63, 3.8) is 0 Å². The second kappa shape index (κ2) is 4.17. The minimum atomic E-state index is 0.0644. The van der Waals surface area contributed by atoms with E-state index < -0.39 is 0 Å². The van der Waals surface area contributed by atoms with Crippen molar-refractivity contribution in [3.05, 3.63) is 11.7 Å². The Morgan fingerprint density at radius 3 is 2.62 bits per heavy atom. The van der Waals surface area contributed by atoms with Crippen LogP contribution in [0, 0.1) is 0 Å². The van der Waals surface area contributed by atoms with Crippen LogP contribution in [0.2, 0.25) is 0 Å². The molecule has 0 spiro atoms. The van der Waals surface area contributed by atoms with Crippen molar-refractivity contribution in [1.82, 2.24) is 15.5 Å². The molecule has 0 saturated heterocycles. The van der Waals surface area contributed by atoms with Crippen molar-refractivity contribution in [2.24, 2.45) is 0 Å². The third kappa shape index (κ3) is 2.82. The number of nitrogens with zero attached hydrogens (tertiary/aromatic N) is 2. The first-order chi connectivity index (χ1) is 7.49. The predicted molar refractivity (Wildman–Crippen MR) is 62.2 cm³/mol. The van der Waals surface area contributed by atoms with E-state index in [1.165, 1.54) is 12.8 Å². The van der Waals surface area contributed by atoms with Crippen LogP contribution in [0.1, 0.15) is 70.6 Å². The van der Waals surface area contributed by atoms with Crippen LogP contribution in [0.15, 0.2) is 4.52 Å². The molecule has 0 radical (unpaired) electrons. The molecular weight excluding hydrogens is 202 g/mol. The molecule has 16 heavy (non-hydrogen) atoms. The van der Waals surface area contributed by atoms with Gasteiger partial charge in [0, 0.05) is 11.5 Å². The van der Waals surface area contributed by atoms with E-state index in [1.807, 2.05) is 0 Å². The molecule has 1 saturated carbocycles. The molecule has 0 aromatic carbocycles. The van der Waals surface area contributed by atoms with Gasteiger partial charge in [-0.05, 0) is 40.0 Å². The lowest BCUT2D eigenvalue weighted by molar-refractivity contribution is 0.280. The minimum Gasteiger partial charge on any atom is -0.338 e. The molecule has 1 aliphatic carbocycles. The Labute approximate surface area is 96.8 Å². The Balaban J connectivity index is 2.06. The van der Waals surface area contributed by atoms with E-state index >= 15 is 0 Å². The SMILES string of the molecule is CCC(NC(C)(C)C)c1nc(C2CC2)no1. The fourth-order valence-electron chi connectivity index (χ4n) is 1.76. The highest BCUT2D eigenvalue weighted by Gasteiger charge is 2.30. The van der Waals surface area contributed by atoms with Crippen LogP contribution < -0.4 is 5.32 Å². The number of aromatic nitrogens is 2. The van der Waals surface area contributed by atoms with Crippen LogP contribution in [-0.4, -0.2) is 15.7 Å². The molecule has 90 valence electrons. The summed E-state index contributed by atoms with van der Waals surface area (Å²) in [6.45, 7) is 8.57. The third-order valence-corrected chi connectivity index (χ3v) is 2.71. The Kier molecular flexibility index (Phi) is 3.02. The molecule has 2 rings (SSSR count). The van der Waals surface area contributed by atoms with Crippen LogP contribution in [0.3, 0.4) is 0 Å². The summed E-state index contributed by atoms with van der Waals surface area (Å²) in [5, 5.41) is 7.55. The van der Waals surface area contributed by atoms with Gasteiger partial charge in [-0.15, -0.1) is 0 Å². The maximum Gasteiger partial charge on any atom is 0.243 e. The van der Waals surface area contributed by atoms with Crippen molar-refractivity contribution in [2.75, 3.05) is 0 Å². The lowest BCUT2D eigenvalue weighted by Gasteiger charge is -2.25. The molecule has 1 atom stereocenters. The summed E-state index contributed by atoms with van der Waals surface area (Å²) in [6, 6.07) is 0.167. The van der Waals surface area contributed by atoms with Crippen molar-refractivity contribution in [2.45, 2.75) is 64.5 Å². The fraction of sp³-hybridized carbons (Fsp3) is 0.833. The Morgan fingerprint density at radius 1 is 1.44 bits per heavy atom. The lowest BCUT2D eigenvalue weighted by Crippen LogP contribution is -2.38. The first-order valence-electron chi connectivity index (χ1n) is 6.11. The van der Waals surface area contributed by atoms with E-state index in [4.69, 9.17) is 4.52 Å². The summed E-state index contributed by atoms with van der Waals surface area (Å²) in [5.74, 6) is 2.19. The van der Waals surface area contributed by atoms with Crippen molar-refractivity contribution >= 4 is 0 Å². The van der Waals surface area contributed by atoms with Crippen LogP contribution in [-0.2, 0) is 0 Å². The molecule has 1 aromatic rings. The van der Waals surface area contributed by atoms with Gasteiger partial charge in [0.05, 0.1) is 6.04 Å².